The standard InChI is InChI=1S/C19H25N5O/c1-3-23-11-13-24(14-12-23)18-10-9-17(21-22-18)19(25)20-15(2)16-7-5-4-6-8-16/h4-10,15H,3,11-14H2,1-2H3,(H,20,25). The van der Waals surface area contributed by atoms with Crippen molar-refractivity contribution in [1.29, 1.82) is 0 Å². The van der Waals surface area contributed by atoms with Crippen molar-refractivity contribution in [1.82, 2.24) is 20.4 Å². The van der Waals surface area contributed by atoms with Gasteiger partial charge in [0.15, 0.2) is 11.5 Å². The smallest absolute Gasteiger partial charge is 0.272 e. The molecule has 1 aliphatic heterocycles. The maximum absolute atomic E-state index is 12.4. The van der Waals surface area contributed by atoms with Gasteiger partial charge in [-0.1, -0.05) is 37.3 Å². The first-order valence-electron chi connectivity index (χ1n) is 8.84. The third-order valence-corrected chi connectivity index (χ3v) is 4.67. The van der Waals surface area contributed by atoms with Crippen molar-refractivity contribution in [2.45, 2.75) is 19.9 Å². The molecule has 3 rings (SSSR count). The van der Waals surface area contributed by atoms with Gasteiger partial charge in [0.1, 0.15) is 0 Å². The quantitative estimate of drug-likeness (QED) is 0.904. The Morgan fingerprint density at radius 1 is 1.08 bits per heavy atom. The molecule has 2 aromatic rings. The molecule has 0 spiro atoms. The molecule has 1 fully saturated rings. The van der Waals surface area contributed by atoms with Gasteiger partial charge in [-0.05, 0) is 31.2 Å². The number of carbonyl (C=O) groups is 1. The summed E-state index contributed by atoms with van der Waals surface area (Å²) < 4.78 is 0. The molecule has 1 aromatic carbocycles. The number of benzene rings is 1. The highest BCUT2D eigenvalue weighted by molar-refractivity contribution is 5.92. The van der Waals surface area contributed by atoms with E-state index in [9.17, 15) is 4.79 Å². The van der Waals surface area contributed by atoms with Crippen molar-refractivity contribution in [3.63, 3.8) is 0 Å². The third kappa shape index (κ3) is 4.33. The first kappa shape index (κ1) is 17.4. The zero-order chi connectivity index (χ0) is 17.6. The second kappa shape index (κ2) is 8.07. The van der Waals surface area contributed by atoms with E-state index in [1.807, 2.05) is 43.3 Å². The SMILES string of the molecule is CCN1CCN(c2ccc(C(=O)NC(C)c3ccccc3)nn2)CC1. The summed E-state index contributed by atoms with van der Waals surface area (Å²) in [5.41, 5.74) is 1.41. The van der Waals surface area contributed by atoms with Crippen LogP contribution in [0.3, 0.4) is 0 Å². The summed E-state index contributed by atoms with van der Waals surface area (Å²) in [5, 5.41) is 11.3. The number of anilines is 1. The number of nitrogens with one attached hydrogen (secondary N) is 1. The Bertz CT molecular complexity index is 681. The predicted molar refractivity (Wildman–Crippen MR) is 98.7 cm³/mol. The van der Waals surface area contributed by atoms with Crippen molar-refractivity contribution in [2.24, 2.45) is 0 Å². The molecular formula is C19H25N5O. The highest BCUT2D eigenvalue weighted by atomic mass is 16.2. The Kier molecular flexibility index (Phi) is 5.60. The zero-order valence-corrected chi connectivity index (χ0v) is 14.9. The average molecular weight is 339 g/mol. The molecule has 6 heteroatoms. The van der Waals surface area contributed by atoms with Crippen molar-refractivity contribution < 1.29 is 4.79 Å². The lowest BCUT2D eigenvalue weighted by Crippen LogP contribution is -2.46. The van der Waals surface area contributed by atoms with Gasteiger partial charge in [-0.15, -0.1) is 10.2 Å². The Morgan fingerprint density at radius 3 is 2.40 bits per heavy atom. The van der Waals surface area contributed by atoms with Gasteiger partial charge in [-0.3, -0.25) is 4.79 Å². The van der Waals surface area contributed by atoms with Gasteiger partial charge in [0.05, 0.1) is 6.04 Å². The second-order valence-corrected chi connectivity index (χ2v) is 6.30. The van der Waals surface area contributed by atoms with Gasteiger partial charge >= 0.3 is 0 Å². The Balaban J connectivity index is 1.59. The minimum absolute atomic E-state index is 0.0719. The van der Waals surface area contributed by atoms with Gasteiger partial charge in [-0.2, -0.15) is 0 Å². The number of carbonyl (C=O) groups excluding carboxylic acids is 1. The minimum atomic E-state index is -0.203. The summed E-state index contributed by atoms with van der Waals surface area (Å²) in [6.45, 7) is 9.18. The summed E-state index contributed by atoms with van der Waals surface area (Å²) in [6, 6.07) is 13.4. The van der Waals surface area contributed by atoms with E-state index in [0.29, 0.717) is 5.69 Å². The predicted octanol–water partition coefficient (Wildman–Crippen LogP) is 2.11. The average Bonchev–Trinajstić information content (AvgIpc) is 2.69. The number of hydrogen-bond acceptors (Lipinski definition) is 5. The second-order valence-electron chi connectivity index (χ2n) is 6.30. The van der Waals surface area contributed by atoms with Crippen LogP contribution in [-0.2, 0) is 0 Å². The summed E-state index contributed by atoms with van der Waals surface area (Å²) >= 11 is 0. The number of piperazine rings is 1. The molecule has 1 N–H and O–H groups in total. The van der Waals surface area contributed by atoms with E-state index in [1.165, 1.54) is 0 Å². The van der Waals surface area contributed by atoms with Crippen LogP contribution in [0.25, 0.3) is 0 Å². The van der Waals surface area contributed by atoms with Crippen molar-refractivity contribution in [3.8, 4) is 0 Å². The van der Waals surface area contributed by atoms with Crippen LogP contribution in [0.4, 0.5) is 5.82 Å². The molecule has 6 nitrogen and oxygen atoms in total. The maximum atomic E-state index is 12.4. The number of nitrogens with zero attached hydrogens (tertiary/aromatic N) is 4. The van der Waals surface area contributed by atoms with Crippen LogP contribution in [0.2, 0.25) is 0 Å². The van der Waals surface area contributed by atoms with Crippen molar-refractivity contribution >= 4 is 11.7 Å². The Labute approximate surface area is 148 Å². The molecule has 1 atom stereocenters. The topological polar surface area (TPSA) is 61.4 Å². The lowest BCUT2D eigenvalue weighted by atomic mass is 10.1. The van der Waals surface area contributed by atoms with E-state index in [-0.39, 0.29) is 11.9 Å². The first-order valence-corrected chi connectivity index (χ1v) is 8.84. The van der Waals surface area contributed by atoms with Gasteiger partial charge in [-0.25, -0.2) is 0 Å². The molecule has 1 aliphatic rings. The highest BCUT2D eigenvalue weighted by Crippen LogP contribution is 2.14. The van der Waals surface area contributed by atoms with Gasteiger partial charge in [0, 0.05) is 26.2 Å². The lowest BCUT2D eigenvalue weighted by Gasteiger charge is -2.34. The molecule has 132 valence electrons. The monoisotopic (exact) mass is 339 g/mol. The van der Waals surface area contributed by atoms with Crippen LogP contribution in [0.1, 0.15) is 35.9 Å². The number of likely N-dealkylation sites (N-methyl/N-ethyl adjacent to an activating group) is 1. The molecule has 0 bridgehead atoms. The molecule has 1 unspecified atom stereocenters. The molecule has 25 heavy (non-hydrogen) atoms. The normalized spacial score (nSPS) is 16.5. The summed E-state index contributed by atoms with van der Waals surface area (Å²) in [6.07, 6.45) is 0. The van der Waals surface area contributed by atoms with E-state index in [0.717, 1.165) is 44.1 Å². The Morgan fingerprint density at radius 2 is 1.80 bits per heavy atom. The fraction of sp³-hybridized carbons (Fsp3) is 0.421. The van der Waals surface area contributed by atoms with Crippen molar-refractivity contribution in [3.05, 3.63) is 53.7 Å². The zero-order valence-electron chi connectivity index (χ0n) is 14.9. The fourth-order valence-corrected chi connectivity index (χ4v) is 3.00. The maximum Gasteiger partial charge on any atom is 0.272 e. The van der Waals surface area contributed by atoms with E-state index >= 15 is 0 Å². The number of aromatic nitrogens is 2. The summed E-state index contributed by atoms with van der Waals surface area (Å²) in [4.78, 5) is 17.0. The fourth-order valence-electron chi connectivity index (χ4n) is 3.00. The first-order chi connectivity index (χ1) is 12.2. The summed E-state index contributed by atoms with van der Waals surface area (Å²) in [7, 11) is 0. The molecule has 1 saturated heterocycles. The highest BCUT2D eigenvalue weighted by Gasteiger charge is 2.18. The number of rotatable bonds is 5. The van der Waals surface area contributed by atoms with Crippen LogP contribution in [0.5, 0.6) is 0 Å². The van der Waals surface area contributed by atoms with E-state index in [4.69, 9.17) is 0 Å². The van der Waals surface area contributed by atoms with Crippen LogP contribution in [0, 0.1) is 0 Å². The van der Waals surface area contributed by atoms with Crippen LogP contribution >= 0.6 is 0 Å². The lowest BCUT2D eigenvalue weighted by molar-refractivity contribution is 0.0934. The number of amides is 1. The molecule has 2 heterocycles. The molecule has 0 saturated carbocycles. The van der Waals surface area contributed by atoms with E-state index < -0.39 is 0 Å². The van der Waals surface area contributed by atoms with Gasteiger partial charge in [0.2, 0.25) is 0 Å². The van der Waals surface area contributed by atoms with E-state index in [2.05, 4.69) is 32.2 Å². The van der Waals surface area contributed by atoms with Crippen molar-refractivity contribution in [2.75, 3.05) is 37.6 Å². The number of hydrogen-bond donors (Lipinski definition) is 1. The summed E-state index contributed by atoms with van der Waals surface area (Å²) in [5.74, 6) is 0.634. The third-order valence-electron chi connectivity index (χ3n) is 4.67. The Hall–Kier alpha value is -2.47. The molecule has 0 aliphatic carbocycles. The molecule has 1 amide bonds. The van der Waals surface area contributed by atoms with Gasteiger partial charge in [0.25, 0.3) is 5.91 Å². The van der Waals surface area contributed by atoms with Crippen LogP contribution in [-0.4, -0.2) is 53.7 Å². The van der Waals surface area contributed by atoms with Gasteiger partial charge < -0.3 is 15.1 Å². The van der Waals surface area contributed by atoms with Crippen LogP contribution in [0.15, 0.2) is 42.5 Å². The molecule has 0 radical (unpaired) electrons. The molecule has 1 aromatic heterocycles. The van der Waals surface area contributed by atoms with Crippen LogP contribution < -0.4 is 10.2 Å². The molecular weight excluding hydrogens is 314 g/mol. The largest absolute Gasteiger partial charge is 0.353 e. The minimum Gasteiger partial charge on any atom is -0.353 e. The van der Waals surface area contributed by atoms with E-state index in [1.54, 1.807) is 6.07 Å².